The van der Waals surface area contributed by atoms with Gasteiger partial charge in [-0.3, -0.25) is 14.4 Å². The third-order valence-corrected chi connectivity index (χ3v) is 4.87. The standard InChI is InChI=1S/C17H16Cl2N2O3S/c1-21(10-16(23)20-12-4-2-11(18)3-5-12)17(24)9-6-13(22)14-7-8-15(19)25-14/h2-5,7-8H,6,9-10H2,1H3,(H,20,23). The fraction of sp³-hybridized carbons (Fsp3) is 0.235. The number of nitrogens with one attached hydrogen (secondary N) is 1. The zero-order chi connectivity index (χ0) is 18.4. The van der Waals surface area contributed by atoms with Gasteiger partial charge in [0.05, 0.1) is 15.8 Å². The Labute approximate surface area is 159 Å². The fourth-order valence-electron chi connectivity index (χ4n) is 2.04. The van der Waals surface area contributed by atoms with Gasteiger partial charge in [-0.25, -0.2) is 0 Å². The Morgan fingerprint density at radius 2 is 1.72 bits per heavy atom. The third kappa shape index (κ3) is 6.16. The lowest BCUT2D eigenvalue weighted by molar-refractivity contribution is -0.133. The SMILES string of the molecule is CN(CC(=O)Nc1ccc(Cl)cc1)C(=O)CCC(=O)c1ccc(Cl)s1. The number of likely N-dealkylation sites (N-methyl/N-ethyl adjacent to an activating group) is 1. The number of halogens is 2. The lowest BCUT2D eigenvalue weighted by Gasteiger charge is -2.16. The highest BCUT2D eigenvalue weighted by atomic mass is 35.5. The summed E-state index contributed by atoms with van der Waals surface area (Å²) in [5.41, 5.74) is 0.597. The summed E-state index contributed by atoms with van der Waals surface area (Å²) in [6.07, 6.45) is 0.123. The molecule has 0 aliphatic rings. The first-order valence-corrected chi connectivity index (χ1v) is 9.00. The molecule has 0 bridgehead atoms. The van der Waals surface area contributed by atoms with Crippen molar-refractivity contribution in [3.05, 3.63) is 50.6 Å². The van der Waals surface area contributed by atoms with Crippen molar-refractivity contribution in [2.75, 3.05) is 18.9 Å². The highest BCUT2D eigenvalue weighted by Gasteiger charge is 2.16. The maximum Gasteiger partial charge on any atom is 0.243 e. The van der Waals surface area contributed by atoms with Crippen LogP contribution < -0.4 is 5.32 Å². The van der Waals surface area contributed by atoms with Crippen molar-refractivity contribution in [1.82, 2.24) is 4.90 Å². The smallest absolute Gasteiger partial charge is 0.243 e. The number of Topliss-reactive ketones (excluding diaryl/α,β-unsaturated/α-hetero) is 1. The topological polar surface area (TPSA) is 66.5 Å². The molecule has 25 heavy (non-hydrogen) atoms. The summed E-state index contributed by atoms with van der Waals surface area (Å²) in [7, 11) is 1.52. The Morgan fingerprint density at radius 1 is 1.04 bits per heavy atom. The molecule has 2 rings (SSSR count). The second-order valence-corrected chi connectivity index (χ2v) is 7.48. The van der Waals surface area contributed by atoms with E-state index in [-0.39, 0.29) is 37.0 Å². The second-order valence-electron chi connectivity index (χ2n) is 5.33. The summed E-state index contributed by atoms with van der Waals surface area (Å²) >= 11 is 12.8. The van der Waals surface area contributed by atoms with Gasteiger partial charge in [-0.2, -0.15) is 0 Å². The molecule has 1 N–H and O–H groups in total. The molecule has 0 unspecified atom stereocenters. The number of benzene rings is 1. The van der Waals surface area contributed by atoms with Crippen molar-refractivity contribution in [2.24, 2.45) is 0 Å². The molecule has 1 heterocycles. The van der Waals surface area contributed by atoms with E-state index in [1.807, 2.05) is 0 Å². The number of thiophene rings is 1. The van der Waals surface area contributed by atoms with Crippen LogP contribution >= 0.6 is 34.5 Å². The molecule has 0 fully saturated rings. The second kappa shape index (κ2) is 8.99. The maximum absolute atomic E-state index is 12.1. The van der Waals surface area contributed by atoms with Gasteiger partial charge in [0.15, 0.2) is 5.78 Å². The molecule has 5 nitrogen and oxygen atoms in total. The van der Waals surface area contributed by atoms with Crippen molar-refractivity contribution in [3.8, 4) is 0 Å². The maximum atomic E-state index is 12.1. The van der Waals surface area contributed by atoms with Crippen LogP contribution in [0.2, 0.25) is 9.36 Å². The predicted octanol–water partition coefficient (Wildman–Crippen LogP) is 4.11. The first-order valence-electron chi connectivity index (χ1n) is 7.43. The Balaban J connectivity index is 1.78. The summed E-state index contributed by atoms with van der Waals surface area (Å²) < 4.78 is 0.533. The van der Waals surface area contributed by atoms with Gasteiger partial charge >= 0.3 is 0 Å². The number of carbonyl (C=O) groups excluding carboxylic acids is 3. The summed E-state index contributed by atoms with van der Waals surface area (Å²) in [6.45, 7) is -0.0967. The number of amides is 2. The van der Waals surface area contributed by atoms with Crippen LogP contribution in [0.5, 0.6) is 0 Å². The highest BCUT2D eigenvalue weighted by molar-refractivity contribution is 7.18. The van der Waals surface area contributed by atoms with Crippen LogP contribution in [-0.4, -0.2) is 36.1 Å². The van der Waals surface area contributed by atoms with E-state index in [9.17, 15) is 14.4 Å². The van der Waals surface area contributed by atoms with Crippen LogP contribution in [0.15, 0.2) is 36.4 Å². The molecule has 2 aromatic rings. The molecule has 0 atom stereocenters. The van der Waals surface area contributed by atoms with Crippen LogP contribution in [0.3, 0.4) is 0 Å². The van der Waals surface area contributed by atoms with Gasteiger partial charge in [0.25, 0.3) is 0 Å². The molecule has 0 aliphatic heterocycles. The fourth-order valence-corrected chi connectivity index (χ4v) is 3.17. The minimum absolute atomic E-state index is 0.0408. The highest BCUT2D eigenvalue weighted by Crippen LogP contribution is 2.23. The van der Waals surface area contributed by atoms with Gasteiger partial charge in [-0.1, -0.05) is 23.2 Å². The summed E-state index contributed by atoms with van der Waals surface area (Å²) in [5, 5.41) is 3.25. The molecule has 1 aromatic carbocycles. The lowest BCUT2D eigenvalue weighted by atomic mass is 10.2. The van der Waals surface area contributed by atoms with E-state index in [1.165, 1.54) is 23.3 Å². The minimum atomic E-state index is -0.325. The molecule has 1 aromatic heterocycles. The molecule has 0 spiro atoms. The van der Waals surface area contributed by atoms with E-state index in [2.05, 4.69) is 5.32 Å². The molecule has 0 saturated carbocycles. The Kier molecular flexibility index (Phi) is 6.99. The van der Waals surface area contributed by atoms with E-state index >= 15 is 0 Å². The summed E-state index contributed by atoms with van der Waals surface area (Å²) in [4.78, 5) is 37.8. The average Bonchev–Trinajstić information content (AvgIpc) is 3.00. The third-order valence-electron chi connectivity index (χ3n) is 3.35. The number of anilines is 1. The number of hydrogen-bond acceptors (Lipinski definition) is 4. The molecule has 8 heteroatoms. The number of nitrogens with zero attached hydrogens (tertiary/aromatic N) is 1. The summed E-state index contributed by atoms with van der Waals surface area (Å²) in [5.74, 6) is -0.735. The molecule has 0 aliphatic carbocycles. The van der Waals surface area contributed by atoms with Crippen LogP contribution in [0.25, 0.3) is 0 Å². The van der Waals surface area contributed by atoms with E-state index in [4.69, 9.17) is 23.2 Å². The molecule has 0 saturated heterocycles. The first kappa shape index (κ1) is 19.4. The molecule has 2 amide bonds. The van der Waals surface area contributed by atoms with Gasteiger partial charge in [0, 0.05) is 30.6 Å². The van der Waals surface area contributed by atoms with Gasteiger partial charge in [0.2, 0.25) is 11.8 Å². The number of carbonyl (C=O) groups is 3. The molecular weight excluding hydrogens is 383 g/mol. The number of ketones is 1. The Hall–Kier alpha value is -1.89. The van der Waals surface area contributed by atoms with Crippen LogP contribution in [0, 0.1) is 0 Å². The van der Waals surface area contributed by atoms with Gasteiger partial charge in [0.1, 0.15) is 0 Å². The quantitative estimate of drug-likeness (QED) is 0.713. The van der Waals surface area contributed by atoms with Crippen molar-refractivity contribution in [3.63, 3.8) is 0 Å². The van der Waals surface area contributed by atoms with E-state index < -0.39 is 0 Å². The van der Waals surface area contributed by atoms with Crippen molar-refractivity contribution in [2.45, 2.75) is 12.8 Å². The van der Waals surface area contributed by atoms with Gasteiger partial charge in [-0.05, 0) is 36.4 Å². The van der Waals surface area contributed by atoms with Crippen molar-refractivity contribution in [1.29, 1.82) is 0 Å². The molecular formula is C17H16Cl2N2O3S. The van der Waals surface area contributed by atoms with Crippen LogP contribution in [-0.2, 0) is 9.59 Å². The van der Waals surface area contributed by atoms with E-state index in [1.54, 1.807) is 36.4 Å². The largest absolute Gasteiger partial charge is 0.336 e. The van der Waals surface area contributed by atoms with E-state index in [0.29, 0.717) is 19.9 Å². The Morgan fingerprint density at radius 3 is 2.32 bits per heavy atom. The van der Waals surface area contributed by atoms with Crippen molar-refractivity contribution >= 4 is 57.8 Å². The van der Waals surface area contributed by atoms with E-state index in [0.717, 1.165) is 0 Å². The zero-order valence-electron chi connectivity index (χ0n) is 13.4. The number of rotatable bonds is 7. The molecule has 0 radical (unpaired) electrons. The van der Waals surface area contributed by atoms with Crippen LogP contribution in [0.1, 0.15) is 22.5 Å². The van der Waals surface area contributed by atoms with Crippen molar-refractivity contribution < 1.29 is 14.4 Å². The summed E-state index contributed by atoms with van der Waals surface area (Å²) in [6, 6.07) is 9.96. The first-order chi connectivity index (χ1) is 11.8. The monoisotopic (exact) mass is 398 g/mol. The lowest BCUT2D eigenvalue weighted by Crippen LogP contribution is -2.35. The van der Waals surface area contributed by atoms with Crippen LogP contribution in [0.4, 0.5) is 5.69 Å². The Bertz CT molecular complexity index is 774. The normalized spacial score (nSPS) is 10.4. The van der Waals surface area contributed by atoms with Gasteiger partial charge < -0.3 is 10.2 Å². The minimum Gasteiger partial charge on any atom is -0.336 e. The molecule has 132 valence electrons. The predicted molar refractivity (Wildman–Crippen MR) is 101 cm³/mol. The zero-order valence-corrected chi connectivity index (χ0v) is 15.7. The van der Waals surface area contributed by atoms with Gasteiger partial charge in [-0.15, -0.1) is 11.3 Å². The average molecular weight is 399 g/mol. The number of hydrogen-bond donors (Lipinski definition) is 1.